The van der Waals surface area contributed by atoms with Crippen molar-refractivity contribution in [1.29, 1.82) is 0 Å². The average Bonchev–Trinajstić information content (AvgIpc) is 3.00. The minimum absolute atomic E-state index is 0.115. The van der Waals surface area contributed by atoms with E-state index in [4.69, 9.17) is 5.73 Å². The number of aromatic nitrogens is 2. The van der Waals surface area contributed by atoms with E-state index in [2.05, 4.69) is 10.2 Å². The van der Waals surface area contributed by atoms with E-state index < -0.39 is 0 Å². The first-order valence-corrected chi connectivity index (χ1v) is 5.63. The number of rotatable bonds is 3. The monoisotopic (exact) mass is 222 g/mol. The average molecular weight is 222 g/mol. The van der Waals surface area contributed by atoms with E-state index in [0.717, 1.165) is 18.5 Å². The van der Waals surface area contributed by atoms with E-state index in [0.29, 0.717) is 17.3 Å². The Labute approximate surface area is 95.0 Å². The van der Waals surface area contributed by atoms with Crippen molar-refractivity contribution in [2.45, 2.75) is 38.6 Å². The fourth-order valence-electron chi connectivity index (χ4n) is 1.61. The molecule has 1 amide bonds. The molecule has 1 saturated carbocycles. The quantitative estimate of drug-likeness (QED) is 0.810. The highest BCUT2D eigenvalue weighted by molar-refractivity contribution is 5.97. The van der Waals surface area contributed by atoms with Crippen LogP contribution in [-0.2, 0) is 0 Å². The van der Waals surface area contributed by atoms with Crippen LogP contribution in [-0.4, -0.2) is 34.1 Å². The zero-order valence-electron chi connectivity index (χ0n) is 9.95. The van der Waals surface area contributed by atoms with Crippen molar-refractivity contribution in [2.75, 3.05) is 12.8 Å². The predicted octanol–water partition coefficient (Wildman–Crippen LogP) is 1.35. The number of nitrogens with zero attached hydrogens (tertiary/aromatic N) is 2. The molecule has 1 aliphatic carbocycles. The number of H-pyrrole nitrogens is 1. The zero-order chi connectivity index (χ0) is 11.9. The Morgan fingerprint density at radius 2 is 2.19 bits per heavy atom. The van der Waals surface area contributed by atoms with Crippen molar-refractivity contribution in [2.24, 2.45) is 0 Å². The molecule has 0 spiro atoms. The normalized spacial score (nSPS) is 15.5. The molecule has 1 aromatic heterocycles. The number of anilines is 1. The van der Waals surface area contributed by atoms with Gasteiger partial charge in [0.15, 0.2) is 5.69 Å². The van der Waals surface area contributed by atoms with Crippen LogP contribution < -0.4 is 5.73 Å². The molecule has 1 fully saturated rings. The molecule has 0 unspecified atom stereocenters. The number of hydrogen-bond acceptors (Lipinski definition) is 3. The number of aromatic amines is 1. The Morgan fingerprint density at radius 3 is 2.69 bits per heavy atom. The van der Waals surface area contributed by atoms with Gasteiger partial charge >= 0.3 is 0 Å². The Morgan fingerprint density at radius 1 is 1.56 bits per heavy atom. The maximum atomic E-state index is 12.0. The van der Waals surface area contributed by atoms with Gasteiger partial charge in [-0.1, -0.05) is 0 Å². The summed E-state index contributed by atoms with van der Waals surface area (Å²) < 4.78 is 0. The van der Waals surface area contributed by atoms with Crippen LogP contribution in [0.15, 0.2) is 0 Å². The van der Waals surface area contributed by atoms with Crippen molar-refractivity contribution < 1.29 is 4.79 Å². The highest BCUT2D eigenvalue weighted by Gasteiger charge is 2.31. The summed E-state index contributed by atoms with van der Waals surface area (Å²) in [5, 5.41) is 6.93. The van der Waals surface area contributed by atoms with Gasteiger partial charge in [0.25, 0.3) is 5.91 Å². The van der Waals surface area contributed by atoms with Gasteiger partial charge in [-0.2, -0.15) is 5.10 Å². The second-order valence-corrected chi connectivity index (χ2v) is 4.68. The van der Waals surface area contributed by atoms with Gasteiger partial charge < -0.3 is 10.6 Å². The summed E-state index contributed by atoms with van der Waals surface area (Å²) >= 11 is 0. The smallest absolute Gasteiger partial charge is 0.276 e. The molecule has 5 nitrogen and oxygen atoms in total. The van der Waals surface area contributed by atoms with E-state index >= 15 is 0 Å². The summed E-state index contributed by atoms with van der Waals surface area (Å²) in [6.45, 7) is 3.92. The first kappa shape index (κ1) is 11.0. The molecule has 16 heavy (non-hydrogen) atoms. The van der Waals surface area contributed by atoms with Crippen LogP contribution in [0.3, 0.4) is 0 Å². The van der Waals surface area contributed by atoms with Crippen LogP contribution in [0.1, 0.15) is 48.8 Å². The third-order valence-corrected chi connectivity index (χ3v) is 3.12. The van der Waals surface area contributed by atoms with E-state index in [1.54, 1.807) is 11.9 Å². The Hall–Kier alpha value is -1.52. The molecule has 0 bridgehead atoms. The highest BCUT2D eigenvalue weighted by Crippen LogP contribution is 2.42. The fourth-order valence-corrected chi connectivity index (χ4v) is 1.61. The molecule has 0 saturated heterocycles. The number of hydrogen-bond donors (Lipinski definition) is 2. The van der Waals surface area contributed by atoms with Gasteiger partial charge in [0.1, 0.15) is 0 Å². The van der Waals surface area contributed by atoms with Gasteiger partial charge in [-0.05, 0) is 26.7 Å². The topological polar surface area (TPSA) is 75.0 Å². The number of nitrogen functional groups attached to an aromatic ring is 1. The van der Waals surface area contributed by atoms with Gasteiger partial charge in [0.05, 0.1) is 11.4 Å². The molecule has 0 aromatic carbocycles. The molecule has 1 heterocycles. The summed E-state index contributed by atoms with van der Waals surface area (Å²) in [5.41, 5.74) is 7.76. The van der Waals surface area contributed by atoms with Crippen LogP contribution in [0.5, 0.6) is 0 Å². The number of amides is 1. The number of carbonyl (C=O) groups excluding carboxylic acids is 1. The lowest BCUT2D eigenvalue weighted by atomic mass is 10.2. The lowest BCUT2D eigenvalue weighted by Gasteiger charge is -2.20. The summed E-state index contributed by atoms with van der Waals surface area (Å²) in [6.07, 6.45) is 2.28. The molecule has 1 aromatic rings. The molecular formula is C11H18N4O. The Balaban J connectivity index is 2.23. The van der Waals surface area contributed by atoms with Gasteiger partial charge in [-0.15, -0.1) is 0 Å². The standard InChI is InChI=1S/C11H18N4O/c1-6(2)15(3)11(16)10-8(12)9(13-14-10)7-4-5-7/h6-7H,4-5,12H2,1-3H3,(H,13,14). The van der Waals surface area contributed by atoms with Crippen molar-refractivity contribution in [1.82, 2.24) is 15.1 Å². The third-order valence-electron chi connectivity index (χ3n) is 3.12. The molecule has 3 N–H and O–H groups in total. The minimum atomic E-state index is -0.115. The summed E-state index contributed by atoms with van der Waals surface area (Å²) in [7, 11) is 1.76. The maximum Gasteiger partial charge on any atom is 0.276 e. The largest absolute Gasteiger partial charge is 0.395 e. The molecule has 88 valence electrons. The molecule has 1 aliphatic rings. The molecule has 2 rings (SSSR count). The van der Waals surface area contributed by atoms with Crippen LogP contribution in [0.25, 0.3) is 0 Å². The van der Waals surface area contributed by atoms with Crippen molar-refractivity contribution in [3.8, 4) is 0 Å². The number of carbonyl (C=O) groups is 1. The molecule has 5 heteroatoms. The van der Waals surface area contributed by atoms with Crippen molar-refractivity contribution in [3.63, 3.8) is 0 Å². The van der Waals surface area contributed by atoms with E-state index in [9.17, 15) is 4.79 Å². The molecule has 0 atom stereocenters. The number of nitrogens with two attached hydrogens (primary N) is 1. The first-order valence-electron chi connectivity index (χ1n) is 5.63. The second kappa shape index (κ2) is 3.81. The van der Waals surface area contributed by atoms with E-state index in [-0.39, 0.29) is 11.9 Å². The fraction of sp³-hybridized carbons (Fsp3) is 0.636. The summed E-state index contributed by atoms with van der Waals surface area (Å²) in [4.78, 5) is 13.7. The van der Waals surface area contributed by atoms with Gasteiger partial charge in [0, 0.05) is 19.0 Å². The summed E-state index contributed by atoms with van der Waals surface area (Å²) in [6, 6.07) is 0.146. The molecule has 0 aliphatic heterocycles. The first-order chi connectivity index (χ1) is 7.52. The van der Waals surface area contributed by atoms with Crippen LogP contribution >= 0.6 is 0 Å². The Kier molecular flexibility index (Phi) is 2.61. The second-order valence-electron chi connectivity index (χ2n) is 4.68. The lowest BCUT2D eigenvalue weighted by molar-refractivity contribution is 0.0750. The molecule has 0 radical (unpaired) electrons. The zero-order valence-corrected chi connectivity index (χ0v) is 9.95. The van der Waals surface area contributed by atoms with Crippen LogP contribution in [0.4, 0.5) is 5.69 Å². The van der Waals surface area contributed by atoms with E-state index in [1.807, 2.05) is 13.8 Å². The van der Waals surface area contributed by atoms with Gasteiger partial charge in [-0.25, -0.2) is 0 Å². The maximum absolute atomic E-state index is 12.0. The SMILES string of the molecule is CC(C)N(C)C(=O)c1n[nH]c(C2CC2)c1N. The summed E-state index contributed by atoms with van der Waals surface area (Å²) in [5.74, 6) is 0.369. The van der Waals surface area contributed by atoms with Crippen molar-refractivity contribution >= 4 is 11.6 Å². The third kappa shape index (κ3) is 1.77. The Bertz CT molecular complexity index is 406. The van der Waals surface area contributed by atoms with Gasteiger partial charge in [0.2, 0.25) is 0 Å². The highest BCUT2D eigenvalue weighted by atomic mass is 16.2. The van der Waals surface area contributed by atoms with Crippen LogP contribution in [0, 0.1) is 0 Å². The molecular weight excluding hydrogens is 204 g/mol. The van der Waals surface area contributed by atoms with Crippen molar-refractivity contribution in [3.05, 3.63) is 11.4 Å². The van der Waals surface area contributed by atoms with E-state index in [1.165, 1.54) is 0 Å². The predicted molar refractivity (Wildman–Crippen MR) is 62.2 cm³/mol. The lowest BCUT2D eigenvalue weighted by Crippen LogP contribution is -2.33. The van der Waals surface area contributed by atoms with Gasteiger partial charge in [-0.3, -0.25) is 9.89 Å². The minimum Gasteiger partial charge on any atom is -0.395 e. The van der Waals surface area contributed by atoms with Crippen LogP contribution in [0.2, 0.25) is 0 Å². The number of nitrogens with one attached hydrogen (secondary N) is 1.